The number of aliphatic hydroxyl groups excluding tert-OH is 1. The highest BCUT2D eigenvalue weighted by molar-refractivity contribution is 5.35. The maximum atomic E-state index is 10.8. The third-order valence-corrected chi connectivity index (χ3v) is 3.94. The second kappa shape index (κ2) is 6.12. The SMILES string of the molecule is CC(NC1CCCC1CO)c1cccc([N+](=O)[O-])c1. The largest absolute Gasteiger partial charge is 0.396 e. The molecular weight excluding hydrogens is 244 g/mol. The monoisotopic (exact) mass is 264 g/mol. The summed E-state index contributed by atoms with van der Waals surface area (Å²) in [5.41, 5.74) is 1.04. The molecule has 0 bridgehead atoms. The van der Waals surface area contributed by atoms with Crippen LogP contribution in [0.1, 0.15) is 37.8 Å². The number of aliphatic hydroxyl groups is 1. The Balaban J connectivity index is 2.05. The number of nitrogens with one attached hydrogen (secondary N) is 1. The summed E-state index contributed by atoms with van der Waals surface area (Å²) < 4.78 is 0. The first kappa shape index (κ1) is 14.0. The molecule has 3 unspecified atom stereocenters. The van der Waals surface area contributed by atoms with Crippen molar-refractivity contribution in [2.24, 2.45) is 5.92 Å². The Morgan fingerprint density at radius 2 is 2.32 bits per heavy atom. The molecule has 0 spiro atoms. The smallest absolute Gasteiger partial charge is 0.269 e. The van der Waals surface area contributed by atoms with Gasteiger partial charge in [0.05, 0.1) is 4.92 Å². The molecule has 0 amide bonds. The maximum Gasteiger partial charge on any atom is 0.269 e. The molecule has 1 aliphatic carbocycles. The van der Waals surface area contributed by atoms with E-state index in [0.29, 0.717) is 12.0 Å². The van der Waals surface area contributed by atoms with Crippen molar-refractivity contribution in [1.29, 1.82) is 0 Å². The lowest BCUT2D eigenvalue weighted by Gasteiger charge is -2.24. The number of benzene rings is 1. The van der Waals surface area contributed by atoms with E-state index in [1.165, 1.54) is 6.07 Å². The maximum absolute atomic E-state index is 10.8. The molecule has 1 fully saturated rings. The van der Waals surface area contributed by atoms with Gasteiger partial charge in [-0.1, -0.05) is 18.6 Å². The lowest BCUT2D eigenvalue weighted by atomic mass is 10.0. The van der Waals surface area contributed by atoms with Crippen LogP contribution in [-0.4, -0.2) is 22.7 Å². The van der Waals surface area contributed by atoms with Crippen LogP contribution in [0, 0.1) is 16.0 Å². The first-order chi connectivity index (χ1) is 9.11. The van der Waals surface area contributed by atoms with Crippen LogP contribution in [-0.2, 0) is 0 Å². The van der Waals surface area contributed by atoms with Crippen molar-refractivity contribution in [1.82, 2.24) is 5.32 Å². The van der Waals surface area contributed by atoms with Gasteiger partial charge in [0.2, 0.25) is 0 Å². The van der Waals surface area contributed by atoms with Gasteiger partial charge in [0.15, 0.2) is 0 Å². The second-order valence-corrected chi connectivity index (χ2v) is 5.22. The van der Waals surface area contributed by atoms with Crippen LogP contribution in [0.2, 0.25) is 0 Å². The zero-order valence-corrected chi connectivity index (χ0v) is 11.1. The van der Waals surface area contributed by atoms with Crippen LogP contribution in [0.5, 0.6) is 0 Å². The minimum atomic E-state index is -0.373. The highest BCUT2D eigenvalue weighted by Crippen LogP contribution is 2.28. The predicted molar refractivity (Wildman–Crippen MR) is 72.9 cm³/mol. The van der Waals surface area contributed by atoms with E-state index in [1.54, 1.807) is 12.1 Å². The molecule has 2 rings (SSSR count). The summed E-state index contributed by atoms with van der Waals surface area (Å²) in [6, 6.07) is 7.08. The van der Waals surface area contributed by atoms with Gasteiger partial charge in [0.1, 0.15) is 0 Å². The fourth-order valence-corrected chi connectivity index (χ4v) is 2.80. The summed E-state index contributed by atoms with van der Waals surface area (Å²) >= 11 is 0. The topological polar surface area (TPSA) is 75.4 Å². The van der Waals surface area contributed by atoms with E-state index in [-0.39, 0.29) is 23.3 Å². The molecule has 1 aromatic rings. The summed E-state index contributed by atoms with van der Waals surface area (Å²) in [5.74, 6) is 0.307. The average Bonchev–Trinajstić information content (AvgIpc) is 2.86. The second-order valence-electron chi connectivity index (χ2n) is 5.22. The van der Waals surface area contributed by atoms with E-state index in [1.807, 2.05) is 13.0 Å². The van der Waals surface area contributed by atoms with Crippen LogP contribution in [0.4, 0.5) is 5.69 Å². The van der Waals surface area contributed by atoms with E-state index in [0.717, 1.165) is 24.8 Å². The van der Waals surface area contributed by atoms with Crippen LogP contribution in [0.3, 0.4) is 0 Å². The van der Waals surface area contributed by atoms with Gasteiger partial charge in [-0.25, -0.2) is 0 Å². The summed E-state index contributed by atoms with van der Waals surface area (Å²) in [6.45, 7) is 2.21. The number of hydrogen-bond acceptors (Lipinski definition) is 4. The van der Waals surface area contributed by atoms with Crippen LogP contribution < -0.4 is 5.32 Å². The van der Waals surface area contributed by atoms with Crippen molar-refractivity contribution in [3.63, 3.8) is 0 Å². The first-order valence-corrected chi connectivity index (χ1v) is 6.73. The first-order valence-electron chi connectivity index (χ1n) is 6.73. The third kappa shape index (κ3) is 3.30. The Labute approximate surface area is 112 Å². The average molecular weight is 264 g/mol. The van der Waals surface area contributed by atoms with E-state index < -0.39 is 0 Å². The van der Waals surface area contributed by atoms with Crippen LogP contribution in [0.25, 0.3) is 0 Å². The fraction of sp³-hybridized carbons (Fsp3) is 0.571. The molecule has 3 atom stereocenters. The van der Waals surface area contributed by atoms with Crippen LogP contribution >= 0.6 is 0 Å². The highest BCUT2D eigenvalue weighted by Gasteiger charge is 2.27. The molecule has 0 aromatic heterocycles. The molecule has 1 aliphatic rings. The van der Waals surface area contributed by atoms with Gasteiger partial charge in [-0.05, 0) is 31.2 Å². The van der Waals surface area contributed by atoms with Gasteiger partial charge >= 0.3 is 0 Å². The summed E-state index contributed by atoms with van der Waals surface area (Å²) in [4.78, 5) is 10.4. The van der Waals surface area contributed by atoms with Gasteiger partial charge in [-0.15, -0.1) is 0 Å². The molecule has 2 N–H and O–H groups in total. The Morgan fingerprint density at radius 3 is 3.00 bits per heavy atom. The van der Waals surface area contributed by atoms with Crippen LogP contribution in [0.15, 0.2) is 24.3 Å². The summed E-state index contributed by atoms with van der Waals surface area (Å²) in [7, 11) is 0. The lowest BCUT2D eigenvalue weighted by molar-refractivity contribution is -0.384. The number of rotatable bonds is 5. The number of nitro groups is 1. The summed E-state index contributed by atoms with van der Waals surface area (Å²) in [5, 5.41) is 23.6. The van der Waals surface area contributed by atoms with E-state index >= 15 is 0 Å². The van der Waals surface area contributed by atoms with Gasteiger partial charge in [-0.3, -0.25) is 10.1 Å². The van der Waals surface area contributed by atoms with Crippen molar-refractivity contribution in [3.05, 3.63) is 39.9 Å². The zero-order valence-electron chi connectivity index (χ0n) is 11.1. The van der Waals surface area contributed by atoms with Gasteiger partial charge in [0.25, 0.3) is 5.69 Å². The quantitative estimate of drug-likeness (QED) is 0.632. The van der Waals surface area contributed by atoms with Gasteiger partial charge in [0, 0.05) is 30.8 Å². The number of hydrogen-bond donors (Lipinski definition) is 2. The minimum Gasteiger partial charge on any atom is -0.396 e. The molecule has 5 heteroatoms. The predicted octanol–water partition coefficient (Wildman–Crippen LogP) is 2.41. The molecule has 1 saturated carbocycles. The molecule has 1 aromatic carbocycles. The van der Waals surface area contributed by atoms with Crippen molar-refractivity contribution >= 4 is 5.69 Å². The molecule has 0 radical (unpaired) electrons. The Hall–Kier alpha value is -1.46. The Kier molecular flexibility index (Phi) is 4.50. The van der Waals surface area contributed by atoms with Crippen molar-refractivity contribution < 1.29 is 10.0 Å². The molecule has 5 nitrogen and oxygen atoms in total. The fourth-order valence-electron chi connectivity index (χ4n) is 2.80. The number of nitrogens with zero attached hydrogens (tertiary/aromatic N) is 1. The van der Waals surface area contributed by atoms with Crippen molar-refractivity contribution in [2.45, 2.75) is 38.3 Å². The summed E-state index contributed by atoms with van der Waals surface area (Å²) in [6.07, 6.45) is 3.24. The normalized spacial score (nSPS) is 24.3. The van der Waals surface area contributed by atoms with E-state index in [2.05, 4.69) is 5.32 Å². The molecule has 19 heavy (non-hydrogen) atoms. The number of nitro benzene ring substituents is 1. The minimum absolute atomic E-state index is 0.0528. The van der Waals surface area contributed by atoms with Gasteiger partial charge in [-0.2, -0.15) is 0 Å². The van der Waals surface area contributed by atoms with E-state index in [4.69, 9.17) is 0 Å². The van der Waals surface area contributed by atoms with Crippen molar-refractivity contribution in [3.8, 4) is 0 Å². The molecule has 0 saturated heterocycles. The Morgan fingerprint density at radius 1 is 1.53 bits per heavy atom. The van der Waals surface area contributed by atoms with Crippen molar-refractivity contribution in [2.75, 3.05) is 6.61 Å². The Bertz CT molecular complexity index is 450. The standard InChI is InChI=1S/C14H20N2O3/c1-10(15-14-7-3-5-12(14)9-17)11-4-2-6-13(8-11)16(18)19/h2,4,6,8,10,12,14-15,17H,3,5,7,9H2,1H3. The van der Waals surface area contributed by atoms with E-state index in [9.17, 15) is 15.2 Å². The molecule has 104 valence electrons. The van der Waals surface area contributed by atoms with Gasteiger partial charge < -0.3 is 10.4 Å². The molecule has 0 aliphatic heterocycles. The molecular formula is C14H20N2O3. The molecule has 0 heterocycles. The number of non-ortho nitro benzene ring substituents is 1. The highest BCUT2D eigenvalue weighted by atomic mass is 16.6. The third-order valence-electron chi connectivity index (χ3n) is 3.94. The zero-order chi connectivity index (χ0) is 13.8. The lowest BCUT2D eigenvalue weighted by Crippen LogP contribution is -2.35.